The number of hydrogen-bond donors (Lipinski definition) is 1. The fourth-order valence-corrected chi connectivity index (χ4v) is 1.45. The molecule has 4 heteroatoms. The Balaban J connectivity index is 2.24. The van der Waals surface area contributed by atoms with E-state index in [-0.39, 0.29) is 0 Å². The van der Waals surface area contributed by atoms with Crippen LogP contribution in [0.5, 0.6) is 5.88 Å². The van der Waals surface area contributed by atoms with Crippen molar-refractivity contribution in [3.63, 3.8) is 0 Å². The van der Waals surface area contributed by atoms with Crippen molar-refractivity contribution in [1.29, 1.82) is 0 Å². The molecule has 1 aromatic rings. The first-order valence-corrected chi connectivity index (χ1v) is 6.37. The lowest BCUT2D eigenvalue weighted by Crippen LogP contribution is -2.24. The predicted molar refractivity (Wildman–Crippen MR) is 69.9 cm³/mol. The van der Waals surface area contributed by atoms with Crippen molar-refractivity contribution in [2.24, 2.45) is 0 Å². The van der Waals surface area contributed by atoms with Crippen LogP contribution in [0.2, 0.25) is 0 Å². The van der Waals surface area contributed by atoms with E-state index < -0.39 is 0 Å². The maximum atomic E-state index is 5.55. The van der Waals surface area contributed by atoms with E-state index in [0.717, 1.165) is 23.0 Å². The third-order valence-corrected chi connectivity index (χ3v) is 2.98. The molecule has 90 valence electrons. The zero-order valence-corrected chi connectivity index (χ0v) is 11.7. The van der Waals surface area contributed by atoms with Crippen LogP contribution >= 0.6 is 15.9 Å². The Kier molecular flexibility index (Phi) is 5.77. The van der Waals surface area contributed by atoms with Gasteiger partial charge in [-0.25, -0.2) is 4.98 Å². The molecular formula is C12H19BrN2O. The van der Waals surface area contributed by atoms with E-state index in [2.05, 4.69) is 40.1 Å². The third kappa shape index (κ3) is 4.94. The summed E-state index contributed by atoms with van der Waals surface area (Å²) >= 11 is 3.41. The molecule has 0 radical (unpaired) electrons. The first-order valence-electron chi connectivity index (χ1n) is 5.58. The number of hydrogen-bond acceptors (Lipinski definition) is 3. The lowest BCUT2D eigenvalue weighted by Gasteiger charge is -2.09. The molecule has 1 heterocycles. The smallest absolute Gasteiger partial charge is 0.213 e. The van der Waals surface area contributed by atoms with Crippen molar-refractivity contribution in [2.45, 2.75) is 33.2 Å². The van der Waals surface area contributed by atoms with Crippen molar-refractivity contribution in [2.75, 3.05) is 13.2 Å². The molecule has 0 atom stereocenters. The minimum absolute atomic E-state index is 0.535. The lowest BCUT2D eigenvalue weighted by molar-refractivity contribution is 0.295. The molecule has 0 bridgehead atoms. The summed E-state index contributed by atoms with van der Waals surface area (Å²) in [6, 6.07) is 2.48. The summed E-state index contributed by atoms with van der Waals surface area (Å²) in [6.45, 7) is 7.99. The Morgan fingerprint density at radius 2 is 2.25 bits per heavy atom. The first kappa shape index (κ1) is 13.5. The van der Waals surface area contributed by atoms with E-state index >= 15 is 0 Å². The Morgan fingerprint density at radius 3 is 2.88 bits per heavy atom. The zero-order valence-electron chi connectivity index (χ0n) is 10.1. The van der Waals surface area contributed by atoms with Crippen LogP contribution in [0, 0.1) is 6.92 Å². The van der Waals surface area contributed by atoms with Gasteiger partial charge in [-0.1, -0.05) is 13.8 Å². The number of aryl methyl sites for hydroxylation is 1. The molecule has 3 nitrogen and oxygen atoms in total. The predicted octanol–water partition coefficient (Wildman–Crippen LogP) is 2.92. The van der Waals surface area contributed by atoms with Gasteiger partial charge in [-0.3, -0.25) is 0 Å². The summed E-state index contributed by atoms with van der Waals surface area (Å²) in [4.78, 5) is 4.18. The van der Waals surface area contributed by atoms with E-state index in [1.807, 2.05) is 13.0 Å². The molecule has 0 saturated carbocycles. The van der Waals surface area contributed by atoms with Crippen molar-refractivity contribution in [3.8, 4) is 5.88 Å². The fourth-order valence-electron chi connectivity index (χ4n) is 1.23. The van der Waals surface area contributed by atoms with Crippen LogP contribution < -0.4 is 10.1 Å². The molecular weight excluding hydrogens is 268 g/mol. The number of nitrogens with one attached hydrogen (secondary N) is 1. The van der Waals surface area contributed by atoms with E-state index in [9.17, 15) is 0 Å². The van der Waals surface area contributed by atoms with Gasteiger partial charge in [0, 0.05) is 22.8 Å². The van der Waals surface area contributed by atoms with Gasteiger partial charge in [-0.2, -0.15) is 0 Å². The van der Waals surface area contributed by atoms with Gasteiger partial charge in [-0.15, -0.1) is 0 Å². The van der Waals surface area contributed by atoms with Gasteiger partial charge in [0.1, 0.15) is 0 Å². The quantitative estimate of drug-likeness (QED) is 0.817. The largest absolute Gasteiger partial charge is 0.478 e. The lowest BCUT2D eigenvalue weighted by atomic mass is 10.3. The molecule has 0 aliphatic rings. The van der Waals surface area contributed by atoms with Crippen molar-refractivity contribution < 1.29 is 4.74 Å². The topological polar surface area (TPSA) is 34.1 Å². The molecule has 0 fully saturated rings. The highest BCUT2D eigenvalue weighted by Gasteiger charge is 1.99. The zero-order chi connectivity index (χ0) is 12.0. The molecule has 1 aromatic heterocycles. The molecule has 0 saturated heterocycles. The maximum absolute atomic E-state index is 5.55. The summed E-state index contributed by atoms with van der Waals surface area (Å²) in [5.41, 5.74) is 1.14. The average Bonchev–Trinajstić information content (AvgIpc) is 2.22. The standard InChI is InChI=1S/C12H19BrN2O/c1-9(2)14-5-4-6-16-12-7-10(3)11(13)8-15-12/h7-9,14H,4-6H2,1-3H3. The monoisotopic (exact) mass is 286 g/mol. The van der Waals surface area contributed by atoms with E-state index in [1.165, 1.54) is 0 Å². The van der Waals surface area contributed by atoms with Crippen LogP contribution in [-0.4, -0.2) is 24.2 Å². The highest BCUT2D eigenvalue weighted by molar-refractivity contribution is 9.10. The van der Waals surface area contributed by atoms with Crippen LogP contribution in [0.1, 0.15) is 25.8 Å². The summed E-state index contributed by atoms with van der Waals surface area (Å²) in [6.07, 6.45) is 2.77. The van der Waals surface area contributed by atoms with Crippen molar-refractivity contribution in [1.82, 2.24) is 10.3 Å². The third-order valence-electron chi connectivity index (χ3n) is 2.15. The van der Waals surface area contributed by atoms with E-state index in [0.29, 0.717) is 18.5 Å². The second kappa shape index (κ2) is 6.86. The number of pyridine rings is 1. The van der Waals surface area contributed by atoms with E-state index in [4.69, 9.17) is 4.74 Å². The molecule has 0 aliphatic carbocycles. The Bertz CT molecular complexity index is 329. The molecule has 0 aliphatic heterocycles. The van der Waals surface area contributed by atoms with Gasteiger partial charge in [0.05, 0.1) is 6.61 Å². The average molecular weight is 287 g/mol. The summed E-state index contributed by atoms with van der Waals surface area (Å²) in [5, 5.41) is 3.34. The van der Waals surface area contributed by atoms with Gasteiger partial charge in [0.2, 0.25) is 5.88 Å². The van der Waals surface area contributed by atoms with Crippen LogP contribution in [-0.2, 0) is 0 Å². The SMILES string of the molecule is Cc1cc(OCCCNC(C)C)ncc1Br. The van der Waals surface area contributed by atoms with Crippen LogP contribution in [0.3, 0.4) is 0 Å². The molecule has 0 amide bonds. The second-order valence-electron chi connectivity index (χ2n) is 4.08. The molecule has 1 rings (SSSR count). The molecule has 0 spiro atoms. The number of aromatic nitrogens is 1. The van der Waals surface area contributed by atoms with Gasteiger partial charge in [0.25, 0.3) is 0 Å². The highest BCUT2D eigenvalue weighted by Crippen LogP contribution is 2.18. The summed E-state index contributed by atoms with van der Waals surface area (Å²) in [5.74, 6) is 0.699. The number of nitrogens with zero attached hydrogens (tertiary/aromatic N) is 1. The van der Waals surface area contributed by atoms with Gasteiger partial charge < -0.3 is 10.1 Å². The molecule has 1 N–H and O–H groups in total. The molecule has 0 aromatic carbocycles. The van der Waals surface area contributed by atoms with Crippen molar-refractivity contribution in [3.05, 3.63) is 22.3 Å². The van der Waals surface area contributed by atoms with E-state index in [1.54, 1.807) is 6.20 Å². The first-order chi connectivity index (χ1) is 7.59. The van der Waals surface area contributed by atoms with Gasteiger partial charge >= 0.3 is 0 Å². The number of halogens is 1. The summed E-state index contributed by atoms with van der Waals surface area (Å²) < 4.78 is 6.57. The minimum Gasteiger partial charge on any atom is -0.478 e. The fraction of sp³-hybridized carbons (Fsp3) is 0.583. The maximum Gasteiger partial charge on any atom is 0.213 e. The normalized spacial score (nSPS) is 10.8. The van der Waals surface area contributed by atoms with Crippen LogP contribution in [0.25, 0.3) is 0 Å². The molecule has 0 unspecified atom stereocenters. The van der Waals surface area contributed by atoms with Gasteiger partial charge in [-0.05, 0) is 41.4 Å². The Labute approximate surface area is 106 Å². The minimum atomic E-state index is 0.535. The van der Waals surface area contributed by atoms with Crippen LogP contribution in [0.15, 0.2) is 16.7 Å². The van der Waals surface area contributed by atoms with Crippen LogP contribution in [0.4, 0.5) is 0 Å². The highest BCUT2D eigenvalue weighted by atomic mass is 79.9. The molecule has 16 heavy (non-hydrogen) atoms. The second-order valence-corrected chi connectivity index (χ2v) is 4.94. The summed E-state index contributed by atoms with van der Waals surface area (Å²) in [7, 11) is 0. The Hall–Kier alpha value is -0.610. The number of rotatable bonds is 6. The number of ether oxygens (including phenoxy) is 1. The Morgan fingerprint density at radius 1 is 1.50 bits per heavy atom. The van der Waals surface area contributed by atoms with Crippen molar-refractivity contribution >= 4 is 15.9 Å². The van der Waals surface area contributed by atoms with Gasteiger partial charge in [0.15, 0.2) is 0 Å².